The van der Waals surface area contributed by atoms with Crippen LogP contribution < -0.4 is 15.9 Å². The molecule has 0 radical (unpaired) electrons. The van der Waals surface area contributed by atoms with Crippen LogP contribution in [0.25, 0.3) is 0 Å². The number of hydrogen-bond donors (Lipinski definition) is 1. The molecule has 1 N–H and O–H groups in total. The van der Waals surface area contributed by atoms with Gasteiger partial charge in [-0.25, -0.2) is 0 Å². The first-order valence-corrected chi connectivity index (χ1v) is 14.3. The van der Waals surface area contributed by atoms with E-state index in [0.29, 0.717) is 6.42 Å². The van der Waals surface area contributed by atoms with Crippen LogP contribution in [0.15, 0.2) is 103 Å². The van der Waals surface area contributed by atoms with Gasteiger partial charge in [0, 0.05) is 0 Å². The first kappa shape index (κ1) is 21.5. The summed E-state index contributed by atoms with van der Waals surface area (Å²) < 4.78 is 0. The number of rotatable bonds is 9. The summed E-state index contributed by atoms with van der Waals surface area (Å²) in [7, 11) is 0. The third-order valence-electron chi connectivity index (χ3n) is 5.29. The molecule has 150 valence electrons. The van der Waals surface area contributed by atoms with E-state index in [9.17, 15) is 4.79 Å². The van der Waals surface area contributed by atoms with E-state index in [0.717, 1.165) is 12.6 Å². The number of benzene rings is 3. The topological polar surface area (TPSA) is 37.3 Å². The van der Waals surface area contributed by atoms with Gasteiger partial charge in [-0.15, -0.1) is 0 Å². The molecule has 0 atom stereocenters. The van der Waals surface area contributed by atoms with Crippen LogP contribution in [0.3, 0.4) is 0 Å². The molecule has 0 heterocycles. The van der Waals surface area contributed by atoms with Gasteiger partial charge in [-0.05, 0) is 0 Å². The number of allylic oxidation sites excluding steroid dienone is 2. The molecule has 4 heteroatoms. The van der Waals surface area contributed by atoms with Gasteiger partial charge < -0.3 is 0 Å². The quantitative estimate of drug-likeness (QED) is 0.326. The van der Waals surface area contributed by atoms with Crippen molar-refractivity contribution < 1.29 is 9.90 Å². The van der Waals surface area contributed by atoms with E-state index in [4.69, 9.17) is 5.11 Å². The van der Waals surface area contributed by atoms with Crippen molar-refractivity contribution in [2.45, 2.75) is 19.3 Å². The first-order chi connectivity index (χ1) is 14.1. The van der Waals surface area contributed by atoms with E-state index < -0.39 is 11.3 Å². The van der Waals surface area contributed by atoms with E-state index in [1.165, 1.54) is 15.9 Å². The second-order valence-electron chi connectivity index (χ2n) is 7.11. The second kappa shape index (κ2) is 9.52. The Balaban J connectivity index is 2.10. The van der Waals surface area contributed by atoms with Crippen LogP contribution >= 0.6 is 20.8 Å². The van der Waals surface area contributed by atoms with Crippen LogP contribution in [-0.2, 0) is 4.79 Å². The number of carboxylic acid groups (broad SMARTS) is 1. The number of hydrogen-bond acceptors (Lipinski definition) is 1. The molecule has 0 bridgehead atoms. The van der Waals surface area contributed by atoms with Gasteiger partial charge in [0.2, 0.25) is 0 Å². The Hall–Kier alpha value is -2.22. The summed E-state index contributed by atoms with van der Waals surface area (Å²) in [6.07, 6.45) is 6.64. The Morgan fingerprint density at radius 1 is 0.724 bits per heavy atom. The molecule has 3 aromatic carbocycles. The molecule has 0 unspecified atom stereocenters. The molecule has 0 saturated heterocycles. The van der Waals surface area contributed by atoms with Crippen molar-refractivity contribution in [2.75, 3.05) is 6.16 Å². The molecule has 0 aliphatic carbocycles. The van der Waals surface area contributed by atoms with E-state index in [-0.39, 0.29) is 6.42 Å². The normalized spacial score (nSPS) is 13.1. The average molecular weight is 469 g/mol. The van der Waals surface area contributed by atoms with Gasteiger partial charge in [0.05, 0.1) is 0 Å². The molecule has 0 saturated carbocycles. The molecule has 2 nitrogen and oxygen atoms in total. The average Bonchev–Trinajstić information content (AvgIpc) is 2.78. The minimum absolute atomic E-state index is 0.171. The van der Waals surface area contributed by atoms with E-state index in [1.54, 1.807) is 0 Å². The Morgan fingerprint density at radius 3 is 1.48 bits per heavy atom. The molecule has 0 aliphatic rings. The monoisotopic (exact) mass is 468 g/mol. The fraction of sp³-hybridized carbons (Fsp3) is 0.160. The second-order valence-corrected chi connectivity index (χ2v) is 16.2. The Morgan fingerprint density at radius 2 is 1.10 bits per heavy atom. The summed E-state index contributed by atoms with van der Waals surface area (Å²) >= 11 is 4.41. The number of carboxylic acids is 1. The third kappa shape index (κ3) is 4.52. The molecule has 0 aromatic heterocycles. The van der Waals surface area contributed by atoms with E-state index in [2.05, 4.69) is 113 Å². The number of aliphatic carboxylic acids is 1. The van der Waals surface area contributed by atoms with Crippen LogP contribution in [0.5, 0.6) is 0 Å². The van der Waals surface area contributed by atoms with Crippen molar-refractivity contribution in [3.63, 3.8) is 0 Å². The zero-order valence-electron chi connectivity index (χ0n) is 16.3. The third-order valence-corrected chi connectivity index (χ3v) is 15.3. The van der Waals surface area contributed by atoms with Crippen molar-refractivity contribution >= 4 is 42.7 Å². The zero-order chi connectivity index (χ0) is 20.6. The van der Waals surface area contributed by atoms with Crippen LogP contribution in [0, 0.1) is 0 Å². The van der Waals surface area contributed by atoms with Crippen LogP contribution in [0.1, 0.15) is 19.3 Å². The number of halogens is 1. The molecule has 0 spiro atoms. The summed E-state index contributed by atoms with van der Waals surface area (Å²) in [4.78, 5) is 10.8. The molecule has 0 aliphatic heterocycles. The standard InChI is InChI=1S/C25H26BrO2P/c26-29(22-14-6-3-7-15-22,23-16-8-4-9-17-23,24-18-10-5-11-19-24)21-13-2-1-12-20-25(27)28/h1-11,14-19H,12-13,20-21H2,(H,27,28). The molecule has 3 rings (SSSR count). The Bertz CT molecular complexity index is 856. The van der Waals surface area contributed by atoms with Crippen LogP contribution in [0.2, 0.25) is 0 Å². The van der Waals surface area contributed by atoms with Crippen molar-refractivity contribution in [1.29, 1.82) is 0 Å². The SMILES string of the molecule is O=C(O)CCC=CCCP(Br)(c1ccccc1)(c1ccccc1)c1ccccc1. The van der Waals surface area contributed by atoms with Gasteiger partial charge in [0.1, 0.15) is 0 Å². The van der Waals surface area contributed by atoms with Gasteiger partial charge in [0.25, 0.3) is 0 Å². The Labute approximate surface area is 181 Å². The fourth-order valence-corrected chi connectivity index (χ4v) is 11.2. The minimum atomic E-state index is -2.87. The maximum atomic E-state index is 10.8. The molecule has 29 heavy (non-hydrogen) atoms. The summed E-state index contributed by atoms with van der Waals surface area (Å²) in [5, 5.41) is 9.88. The van der Waals surface area contributed by atoms with Gasteiger partial charge in [-0.1, -0.05) is 0 Å². The van der Waals surface area contributed by atoms with Crippen molar-refractivity contribution in [1.82, 2.24) is 0 Å². The molecule has 3 aromatic rings. The van der Waals surface area contributed by atoms with Crippen LogP contribution in [0.4, 0.5) is 0 Å². The van der Waals surface area contributed by atoms with Gasteiger partial charge in [-0.3, -0.25) is 0 Å². The van der Waals surface area contributed by atoms with Crippen molar-refractivity contribution in [3.8, 4) is 0 Å². The summed E-state index contributed by atoms with van der Waals surface area (Å²) in [6.45, 7) is 0. The molecular formula is C25H26BrO2P. The van der Waals surface area contributed by atoms with Gasteiger partial charge in [-0.2, -0.15) is 0 Å². The summed E-state index contributed by atoms with van der Waals surface area (Å²) in [6, 6.07) is 32.1. The van der Waals surface area contributed by atoms with E-state index >= 15 is 0 Å². The van der Waals surface area contributed by atoms with Crippen molar-refractivity contribution in [2.24, 2.45) is 0 Å². The molecular weight excluding hydrogens is 443 g/mol. The molecule has 0 amide bonds. The fourth-order valence-electron chi connectivity index (χ4n) is 3.81. The predicted octanol–water partition coefficient (Wildman–Crippen LogP) is 5.64. The van der Waals surface area contributed by atoms with Gasteiger partial charge in [0.15, 0.2) is 0 Å². The number of carbonyl (C=O) groups is 1. The Kier molecular flexibility index (Phi) is 7.05. The summed E-state index contributed by atoms with van der Waals surface area (Å²) in [5.74, 6) is -0.757. The summed E-state index contributed by atoms with van der Waals surface area (Å²) in [5.41, 5.74) is 0. The van der Waals surface area contributed by atoms with E-state index in [1.807, 2.05) is 6.08 Å². The predicted molar refractivity (Wildman–Crippen MR) is 130 cm³/mol. The van der Waals surface area contributed by atoms with Crippen molar-refractivity contribution in [3.05, 3.63) is 103 Å². The zero-order valence-corrected chi connectivity index (χ0v) is 18.8. The maximum absolute atomic E-state index is 10.8. The van der Waals surface area contributed by atoms with Gasteiger partial charge >= 0.3 is 181 Å². The van der Waals surface area contributed by atoms with Crippen LogP contribution in [-0.4, -0.2) is 17.2 Å². The first-order valence-electron chi connectivity index (χ1n) is 9.82. The molecule has 0 fully saturated rings.